The second-order valence-electron chi connectivity index (χ2n) is 8.12. The van der Waals surface area contributed by atoms with E-state index in [-0.39, 0.29) is 29.3 Å². The lowest BCUT2D eigenvalue weighted by Crippen LogP contribution is -2.36. The Morgan fingerprint density at radius 2 is 1.89 bits per heavy atom. The molecule has 0 fully saturated rings. The molecule has 4 rings (SSSR count). The zero-order valence-corrected chi connectivity index (χ0v) is 19.5. The summed E-state index contributed by atoms with van der Waals surface area (Å²) in [7, 11) is 4.73. The van der Waals surface area contributed by atoms with E-state index in [2.05, 4.69) is 23.5 Å². The number of nitrogens with one attached hydrogen (secondary N) is 1. The summed E-state index contributed by atoms with van der Waals surface area (Å²) >= 11 is 0. The summed E-state index contributed by atoms with van der Waals surface area (Å²) < 4.78 is 6.60. The van der Waals surface area contributed by atoms with Crippen LogP contribution in [-0.4, -0.2) is 59.9 Å². The van der Waals surface area contributed by atoms with Gasteiger partial charge in [-0.2, -0.15) is 0 Å². The minimum atomic E-state index is -0.755. The summed E-state index contributed by atoms with van der Waals surface area (Å²) in [5.41, 5.74) is 1.65. The topological polar surface area (TPSA) is 114 Å². The second-order valence-corrected chi connectivity index (χ2v) is 8.12. The molecule has 0 spiro atoms. The average molecular weight is 473 g/mol. The van der Waals surface area contributed by atoms with E-state index in [4.69, 9.17) is 4.74 Å². The summed E-state index contributed by atoms with van der Waals surface area (Å²) in [6.07, 6.45) is 1.22. The Kier molecular flexibility index (Phi) is 5.96. The van der Waals surface area contributed by atoms with Gasteiger partial charge in [0.15, 0.2) is 6.61 Å². The van der Waals surface area contributed by atoms with Crippen LogP contribution in [0.25, 0.3) is 27.7 Å². The Morgan fingerprint density at radius 1 is 1.14 bits per heavy atom. The molecular weight excluding hydrogens is 450 g/mol. The number of likely N-dealkylation sites (N-methyl/N-ethyl adjacent to an activating group) is 2. The molecule has 2 aromatic carbocycles. The molecule has 0 saturated carbocycles. The van der Waals surface area contributed by atoms with Crippen LogP contribution in [-0.2, 0) is 14.4 Å². The van der Waals surface area contributed by atoms with Crippen molar-refractivity contribution in [2.24, 2.45) is 0 Å². The van der Waals surface area contributed by atoms with Crippen LogP contribution >= 0.6 is 0 Å². The Labute approximate surface area is 200 Å². The number of fused-ring (bicyclic) bond motifs is 2. The summed E-state index contributed by atoms with van der Waals surface area (Å²) in [4.78, 5) is 56.8. The zero-order chi connectivity index (χ0) is 25.4. The van der Waals surface area contributed by atoms with Gasteiger partial charge >= 0.3 is 0 Å². The van der Waals surface area contributed by atoms with Gasteiger partial charge < -0.3 is 19.9 Å². The molecule has 10 nitrogen and oxygen atoms in total. The second kappa shape index (κ2) is 8.90. The molecule has 0 saturated heterocycles. The number of aromatic nitrogens is 2. The van der Waals surface area contributed by atoms with Gasteiger partial charge in [0, 0.05) is 26.7 Å². The van der Waals surface area contributed by atoms with Gasteiger partial charge in [0.2, 0.25) is 0 Å². The van der Waals surface area contributed by atoms with Crippen LogP contribution in [0.2, 0.25) is 0 Å². The molecular formula is C25H23N5O5. The fourth-order valence-corrected chi connectivity index (χ4v) is 3.67. The number of hydrogen-bond donors (Lipinski definition) is 1. The average Bonchev–Trinajstić information content (AvgIpc) is 2.85. The van der Waals surface area contributed by atoms with Crippen molar-refractivity contribution >= 4 is 40.0 Å². The lowest BCUT2D eigenvalue weighted by atomic mass is 10.0. The normalized spacial score (nSPS) is 12.5. The number of ether oxygens (including phenoxy) is 1. The van der Waals surface area contributed by atoms with E-state index >= 15 is 0 Å². The van der Waals surface area contributed by atoms with Gasteiger partial charge in [-0.05, 0) is 23.8 Å². The van der Waals surface area contributed by atoms with E-state index < -0.39 is 17.4 Å². The van der Waals surface area contributed by atoms with Crippen molar-refractivity contribution in [2.75, 3.05) is 32.6 Å². The van der Waals surface area contributed by atoms with Crippen LogP contribution in [0.1, 0.15) is 0 Å². The zero-order valence-electron chi connectivity index (χ0n) is 19.5. The van der Waals surface area contributed by atoms with Crippen molar-refractivity contribution in [3.8, 4) is 16.9 Å². The van der Waals surface area contributed by atoms with Crippen LogP contribution in [0.5, 0.6) is 5.75 Å². The Balaban J connectivity index is 1.69. The first kappa shape index (κ1) is 23.4. The molecule has 2 heterocycles. The molecule has 0 atom stereocenters. The number of carbonyl (C=O) groups excluding carboxylic acids is 3. The molecule has 1 N–H and O–H groups in total. The molecule has 10 heteroatoms. The summed E-state index contributed by atoms with van der Waals surface area (Å²) in [6.45, 7) is 7.18. The van der Waals surface area contributed by atoms with Gasteiger partial charge in [0.1, 0.15) is 17.8 Å². The predicted octanol–water partition coefficient (Wildman–Crippen LogP) is 1.61. The molecule has 35 heavy (non-hydrogen) atoms. The molecule has 0 radical (unpaired) electrons. The van der Waals surface area contributed by atoms with Gasteiger partial charge in [-0.3, -0.25) is 23.7 Å². The Hall–Kier alpha value is -4.73. The number of carbonyl (C=O) groups is 3. The van der Waals surface area contributed by atoms with Gasteiger partial charge in [-0.25, -0.2) is 4.98 Å². The molecule has 1 aromatic heterocycles. The number of para-hydroxylation sites is 1. The lowest BCUT2D eigenvalue weighted by molar-refractivity contribution is -0.126. The number of benzene rings is 2. The number of nitrogens with zero attached hydrogens (tertiary/aromatic N) is 4. The third-order valence-corrected chi connectivity index (χ3v) is 5.63. The van der Waals surface area contributed by atoms with E-state index in [1.165, 1.54) is 30.2 Å². The molecule has 1 aliphatic rings. The van der Waals surface area contributed by atoms with Crippen molar-refractivity contribution in [3.63, 3.8) is 0 Å². The minimum Gasteiger partial charge on any atom is -0.482 e. The monoisotopic (exact) mass is 473 g/mol. The van der Waals surface area contributed by atoms with E-state index in [1.807, 2.05) is 12.1 Å². The first-order valence-electron chi connectivity index (χ1n) is 10.6. The highest BCUT2D eigenvalue weighted by Crippen LogP contribution is 2.36. The van der Waals surface area contributed by atoms with Crippen LogP contribution in [0.4, 0.5) is 5.69 Å². The van der Waals surface area contributed by atoms with Crippen molar-refractivity contribution in [3.05, 3.63) is 71.9 Å². The molecule has 3 aromatic rings. The van der Waals surface area contributed by atoms with Gasteiger partial charge in [-0.1, -0.05) is 31.4 Å². The maximum absolute atomic E-state index is 13.2. The largest absolute Gasteiger partial charge is 0.482 e. The van der Waals surface area contributed by atoms with Crippen molar-refractivity contribution < 1.29 is 19.1 Å². The first-order chi connectivity index (χ1) is 16.6. The van der Waals surface area contributed by atoms with Crippen LogP contribution in [0.15, 0.2) is 66.4 Å². The van der Waals surface area contributed by atoms with Crippen molar-refractivity contribution in [2.45, 2.75) is 0 Å². The fourth-order valence-electron chi connectivity index (χ4n) is 3.67. The third-order valence-electron chi connectivity index (χ3n) is 5.63. The highest BCUT2D eigenvalue weighted by atomic mass is 16.5. The molecule has 1 aliphatic heterocycles. The highest BCUT2D eigenvalue weighted by molar-refractivity contribution is 6.15. The van der Waals surface area contributed by atoms with Crippen molar-refractivity contribution in [1.82, 2.24) is 19.8 Å². The summed E-state index contributed by atoms with van der Waals surface area (Å²) in [5.74, 6) is -0.830. The van der Waals surface area contributed by atoms with E-state index in [9.17, 15) is 19.2 Å². The van der Waals surface area contributed by atoms with E-state index in [0.717, 1.165) is 10.1 Å². The third kappa shape index (κ3) is 4.17. The van der Waals surface area contributed by atoms with Crippen LogP contribution in [0, 0.1) is 0 Å². The molecule has 178 valence electrons. The number of hydrogen-bond acceptors (Lipinski definition) is 6. The fraction of sp³-hybridized carbons (Fsp3) is 0.160. The van der Waals surface area contributed by atoms with Gasteiger partial charge in [0.05, 0.1) is 22.3 Å². The quantitative estimate of drug-likeness (QED) is 0.563. The van der Waals surface area contributed by atoms with E-state index in [1.54, 1.807) is 31.3 Å². The summed E-state index contributed by atoms with van der Waals surface area (Å²) in [5, 5.41) is 2.63. The molecule has 3 amide bonds. The van der Waals surface area contributed by atoms with Gasteiger partial charge in [0.25, 0.3) is 23.3 Å². The van der Waals surface area contributed by atoms with Crippen molar-refractivity contribution in [1.29, 1.82) is 0 Å². The summed E-state index contributed by atoms with van der Waals surface area (Å²) in [6, 6.07) is 10.5. The molecule has 0 aliphatic carbocycles. The lowest BCUT2D eigenvalue weighted by Gasteiger charge is -2.26. The number of anilines is 1. The molecule has 0 unspecified atom stereocenters. The Morgan fingerprint density at radius 3 is 2.60 bits per heavy atom. The SMILES string of the molecule is C=C(NC(=O)C(=C)n1cnc2c(-c3ccc4c(c3)OCC(=O)N4C)cccc2c1=O)C(=O)N(C)C. The van der Waals surface area contributed by atoms with E-state index in [0.29, 0.717) is 22.5 Å². The highest BCUT2D eigenvalue weighted by Gasteiger charge is 2.23. The maximum Gasteiger partial charge on any atom is 0.272 e. The first-order valence-corrected chi connectivity index (χ1v) is 10.6. The Bertz CT molecular complexity index is 1490. The van der Waals surface area contributed by atoms with Crippen LogP contribution < -0.4 is 20.5 Å². The van der Waals surface area contributed by atoms with Gasteiger partial charge in [-0.15, -0.1) is 0 Å². The number of amides is 3. The molecule has 0 bridgehead atoms. The smallest absolute Gasteiger partial charge is 0.272 e. The predicted molar refractivity (Wildman–Crippen MR) is 132 cm³/mol. The maximum atomic E-state index is 13.2. The van der Waals surface area contributed by atoms with Crippen LogP contribution in [0.3, 0.4) is 0 Å². The minimum absolute atomic E-state index is 0.0534. The number of rotatable bonds is 5. The standard InChI is InChI=1S/C25H23N5O5/c1-14(24(33)28(3)4)27-23(32)15(2)30-13-26-22-17(7-6-8-18(22)25(30)34)16-9-10-19-20(11-16)35-12-21(31)29(19)5/h6-11,13H,1-2,12H2,3-5H3,(H,27,32).